The quantitative estimate of drug-likeness (QED) is 0.439. The van der Waals surface area contributed by atoms with Crippen LogP contribution in [0.3, 0.4) is 0 Å². The highest BCUT2D eigenvalue weighted by molar-refractivity contribution is 5.69. The van der Waals surface area contributed by atoms with Gasteiger partial charge in [-0.2, -0.15) is 0 Å². The molecule has 0 aromatic heterocycles. The Hall–Kier alpha value is -0.530. The summed E-state index contributed by atoms with van der Waals surface area (Å²) in [6.45, 7) is 15.0. The highest BCUT2D eigenvalue weighted by atomic mass is 16.6. The van der Waals surface area contributed by atoms with Crippen molar-refractivity contribution in [1.82, 2.24) is 0 Å². The van der Waals surface area contributed by atoms with Gasteiger partial charge >= 0.3 is 5.97 Å². The zero-order valence-electron chi connectivity index (χ0n) is 14.1. The molecule has 0 bridgehead atoms. The van der Waals surface area contributed by atoms with E-state index in [1.54, 1.807) is 0 Å². The van der Waals surface area contributed by atoms with E-state index < -0.39 is 0 Å². The monoisotopic (exact) mass is 270 g/mol. The standard InChI is InChI=1S/C17H34O2/c1-14(2)11-9-8-10-12-15(18)19-17(6,7)13-16(3,4)5/h14H,8-13H2,1-7H3. The molecule has 0 aliphatic heterocycles. The van der Waals surface area contributed by atoms with Gasteiger partial charge in [0.2, 0.25) is 0 Å². The minimum atomic E-state index is -0.354. The zero-order chi connectivity index (χ0) is 15.1. The summed E-state index contributed by atoms with van der Waals surface area (Å²) in [7, 11) is 0. The third-order valence-electron chi connectivity index (χ3n) is 3.01. The van der Waals surface area contributed by atoms with E-state index in [1.807, 2.05) is 13.8 Å². The van der Waals surface area contributed by atoms with Gasteiger partial charge in [-0.05, 0) is 38.0 Å². The second kappa shape index (κ2) is 7.91. The molecule has 0 saturated heterocycles. The molecule has 0 fully saturated rings. The fourth-order valence-corrected chi connectivity index (χ4v) is 2.67. The number of ether oxygens (including phenoxy) is 1. The van der Waals surface area contributed by atoms with Gasteiger partial charge < -0.3 is 4.74 Å². The summed E-state index contributed by atoms with van der Waals surface area (Å²) in [5.74, 6) is 0.719. The van der Waals surface area contributed by atoms with Crippen molar-refractivity contribution in [1.29, 1.82) is 0 Å². The van der Waals surface area contributed by atoms with Gasteiger partial charge in [0.25, 0.3) is 0 Å². The fraction of sp³-hybridized carbons (Fsp3) is 0.941. The molecule has 0 aliphatic carbocycles. The maximum absolute atomic E-state index is 11.8. The van der Waals surface area contributed by atoms with Crippen LogP contribution in [0.1, 0.15) is 87.0 Å². The number of carbonyl (C=O) groups excluding carboxylic acids is 1. The Morgan fingerprint density at radius 2 is 1.58 bits per heavy atom. The molecule has 0 rings (SSSR count). The van der Waals surface area contributed by atoms with Crippen LogP contribution in [0.4, 0.5) is 0 Å². The SMILES string of the molecule is CC(C)CCCCCC(=O)OC(C)(C)CC(C)(C)C. The molecule has 19 heavy (non-hydrogen) atoms. The van der Waals surface area contributed by atoms with Crippen LogP contribution in [0.5, 0.6) is 0 Å². The Bertz CT molecular complexity index is 259. The molecule has 0 radical (unpaired) electrons. The molecular weight excluding hydrogens is 236 g/mol. The Kier molecular flexibility index (Phi) is 7.69. The molecule has 0 saturated carbocycles. The van der Waals surface area contributed by atoms with Crippen molar-refractivity contribution < 1.29 is 9.53 Å². The number of esters is 1. The van der Waals surface area contributed by atoms with Crippen molar-refractivity contribution in [3.63, 3.8) is 0 Å². The Morgan fingerprint density at radius 3 is 2.05 bits per heavy atom. The third kappa shape index (κ3) is 12.3. The summed E-state index contributed by atoms with van der Waals surface area (Å²) in [5, 5.41) is 0. The van der Waals surface area contributed by atoms with E-state index in [1.165, 1.54) is 12.8 Å². The minimum Gasteiger partial charge on any atom is -0.460 e. The molecule has 0 aromatic rings. The first-order valence-corrected chi connectivity index (χ1v) is 7.74. The van der Waals surface area contributed by atoms with Crippen LogP contribution in [0.15, 0.2) is 0 Å². The van der Waals surface area contributed by atoms with E-state index in [0.717, 1.165) is 25.2 Å². The van der Waals surface area contributed by atoms with Gasteiger partial charge in [-0.3, -0.25) is 4.79 Å². The summed E-state index contributed by atoms with van der Waals surface area (Å²) in [6, 6.07) is 0. The van der Waals surface area contributed by atoms with Gasteiger partial charge in [0.05, 0.1) is 0 Å². The van der Waals surface area contributed by atoms with Crippen LogP contribution < -0.4 is 0 Å². The van der Waals surface area contributed by atoms with E-state index >= 15 is 0 Å². The van der Waals surface area contributed by atoms with Gasteiger partial charge in [0.15, 0.2) is 0 Å². The lowest BCUT2D eigenvalue weighted by atomic mass is 9.83. The first kappa shape index (κ1) is 18.5. The molecule has 0 atom stereocenters. The summed E-state index contributed by atoms with van der Waals surface area (Å²) < 4.78 is 5.60. The van der Waals surface area contributed by atoms with Gasteiger partial charge in [-0.25, -0.2) is 0 Å². The summed E-state index contributed by atoms with van der Waals surface area (Å²) >= 11 is 0. The molecule has 0 aliphatic rings. The van der Waals surface area contributed by atoms with Gasteiger partial charge in [0.1, 0.15) is 5.60 Å². The highest BCUT2D eigenvalue weighted by Gasteiger charge is 2.28. The summed E-state index contributed by atoms with van der Waals surface area (Å²) in [6.07, 6.45) is 6.01. The molecule has 114 valence electrons. The average Bonchev–Trinajstić information content (AvgIpc) is 2.11. The van der Waals surface area contributed by atoms with Crippen LogP contribution in [0.25, 0.3) is 0 Å². The highest BCUT2D eigenvalue weighted by Crippen LogP contribution is 2.29. The second-order valence-electron chi connectivity index (χ2n) is 7.96. The second-order valence-corrected chi connectivity index (χ2v) is 7.96. The van der Waals surface area contributed by atoms with Crippen molar-refractivity contribution >= 4 is 5.97 Å². The molecule has 0 unspecified atom stereocenters. The van der Waals surface area contributed by atoms with Gasteiger partial charge in [0, 0.05) is 6.42 Å². The first-order chi connectivity index (χ1) is 8.52. The third-order valence-corrected chi connectivity index (χ3v) is 3.01. The van der Waals surface area contributed by atoms with E-state index in [-0.39, 0.29) is 17.0 Å². The Morgan fingerprint density at radius 1 is 1.00 bits per heavy atom. The molecular formula is C17H34O2. The van der Waals surface area contributed by atoms with E-state index in [4.69, 9.17) is 4.74 Å². The zero-order valence-corrected chi connectivity index (χ0v) is 14.1. The minimum absolute atomic E-state index is 0.0428. The van der Waals surface area contributed by atoms with E-state index in [9.17, 15) is 4.79 Å². The molecule has 0 amide bonds. The predicted octanol–water partition coefficient (Wildman–Crippen LogP) is 5.35. The molecule has 2 heteroatoms. The number of hydrogen-bond donors (Lipinski definition) is 0. The number of hydrogen-bond acceptors (Lipinski definition) is 2. The lowest BCUT2D eigenvalue weighted by molar-refractivity contribution is -0.159. The van der Waals surface area contributed by atoms with Crippen LogP contribution in [0, 0.1) is 11.3 Å². The van der Waals surface area contributed by atoms with Crippen molar-refractivity contribution in [3.8, 4) is 0 Å². The van der Waals surface area contributed by atoms with Gasteiger partial charge in [-0.15, -0.1) is 0 Å². The molecule has 0 N–H and O–H groups in total. The largest absolute Gasteiger partial charge is 0.460 e. The number of carbonyl (C=O) groups is 1. The lowest BCUT2D eigenvalue weighted by Crippen LogP contribution is -2.32. The average molecular weight is 270 g/mol. The smallest absolute Gasteiger partial charge is 0.306 e. The van der Waals surface area contributed by atoms with Crippen molar-refractivity contribution in [3.05, 3.63) is 0 Å². The Balaban J connectivity index is 3.85. The normalized spacial score (nSPS) is 12.8. The van der Waals surface area contributed by atoms with Crippen molar-refractivity contribution in [2.75, 3.05) is 0 Å². The molecule has 2 nitrogen and oxygen atoms in total. The molecule has 0 aromatic carbocycles. The van der Waals surface area contributed by atoms with Crippen LogP contribution in [-0.2, 0) is 9.53 Å². The van der Waals surface area contributed by atoms with Crippen LogP contribution in [0.2, 0.25) is 0 Å². The summed E-state index contributed by atoms with van der Waals surface area (Å²) in [5.41, 5.74) is -0.172. The number of rotatable bonds is 8. The maximum atomic E-state index is 11.8. The van der Waals surface area contributed by atoms with Crippen molar-refractivity contribution in [2.24, 2.45) is 11.3 Å². The van der Waals surface area contributed by atoms with Crippen LogP contribution in [-0.4, -0.2) is 11.6 Å². The van der Waals surface area contributed by atoms with Crippen molar-refractivity contribution in [2.45, 2.75) is 92.6 Å². The topological polar surface area (TPSA) is 26.3 Å². The predicted molar refractivity (Wildman–Crippen MR) is 82.2 cm³/mol. The summed E-state index contributed by atoms with van der Waals surface area (Å²) in [4.78, 5) is 11.8. The lowest BCUT2D eigenvalue weighted by Gasteiger charge is -2.32. The van der Waals surface area contributed by atoms with Gasteiger partial charge in [-0.1, -0.05) is 53.9 Å². The molecule has 0 heterocycles. The van der Waals surface area contributed by atoms with E-state index in [2.05, 4.69) is 34.6 Å². The first-order valence-electron chi connectivity index (χ1n) is 7.74. The molecule has 0 spiro atoms. The van der Waals surface area contributed by atoms with Crippen LogP contribution >= 0.6 is 0 Å². The number of unbranched alkanes of at least 4 members (excludes halogenated alkanes) is 2. The fourth-order valence-electron chi connectivity index (χ4n) is 2.67. The Labute approximate surface area is 120 Å². The van der Waals surface area contributed by atoms with E-state index in [0.29, 0.717) is 6.42 Å². The maximum Gasteiger partial charge on any atom is 0.306 e.